The molecule has 0 saturated carbocycles. The standard InChI is InChI=1S/C21H20F5N7O2/c1-12-6-20(22,23)11-33(14(12)10-35-16-8-29-15(7-30-16)21(24,25)26)19(34)17-13(9-32(2)31-17)18-27-4-3-5-28-18/h3-5,7-9,12,14H,6,10-11H2,1-2H3. The monoisotopic (exact) mass is 497 g/mol. The Bertz CT molecular complexity index is 1190. The maximum atomic E-state index is 14.5. The highest BCUT2D eigenvalue weighted by molar-refractivity contribution is 5.98. The smallest absolute Gasteiger partial charge is 0.434 e. The SMILES string of the molecule is CC1CC(F)(F)CN(C(=O)c2nn(C)cc2-c2ncccn2)C1COc1cnc(C(F)(F)F)cn1. The number of nitrogens with zero attached hydrogens (tertiary/aromatic N) is 7. The van der Waals surface area contributed by atoms with Crippen molar-refractivity contribution in [2.45, 2.75) is 31.5 Å². The normalized spacial score (nSPS) is 20.0. The summed E-state index contributed by atoms with van der Waals surface area (Å²) >= 11 is 0. The number of carbonyl (C=O) groups is 1. The van der Waals surface area contributed by atoms with Gasteiger partial charge in [-0.15, -0.1) is 0 Å². The van der Waals surface area contributed by atoms with Crippen LogP contribution < -0.4 is 4.74 Å². The van der Waals surface area contributed by atoms with E-state index in [0.717, 1.165) is 11.1 Å². The highest BCUT2D eigenvalue weighted by Crippen LogP contribution is 2.36. The van der Waals surface area contributed by atoms with Crippen molar-refractivity contribution in [3.8, 4) is 17.3 Å². The molecule has 0 radical (unpaired) electrons. The van der Waals surface area contributed by atoms with Gasteiger partial charge in [0.15, 0.2) is 17.2 Å². The third kappa shape index (κ3) is 5.35. The van der Waals surface area contributed by atoms with Gasteiger partial charge in [-0.1, -0.05) is 6.92 Å². The van der Waals surface area contributed by atoms with E-state index in [9.17, 15) is 26.7 Å². The first-order chi connectivity index (χ1) is 16.4. The van der Waals surface area contributed by atoms with Crippen molar-refractivity contribution >= 4 is 5.91 Å². The molecule has 0 spiro atoms. The fraction of sp³-hybridized carbons (Fsp3) is 0.429. The predicted octanol–water partition coefficient (Wildman–Crippen LogP) is 3.25. The first kappa shape index (κ1) is 24.4. The first-order valence-corrected chi connectivity index (χ1v) is 10.5. The maximum absolute atomic E-state index is 14.5. The number of aryl methyl sites for hydroxylation is 1. The largest absolute Gasteiger partial charge is 0.474 e. The van der Waals surface area contributed by atoms with Crippen LogP contribution in [0.2, 0.25) is 0 Å². The lowest BCUT2D eigenvalue weighted by Gasteiger charge is -2.42. The van der Waals surface area contributed by atoms with Gasteiger partial charge in [-0.3, -0.25) is 9.48 Å². The van der Waals surface area contributed by atoms with E-state index in [1.165, 1.54) is 23.3 Å². The third-order valence-corrected chi connectivity index (χ3v) is 5.50. The van der Waals surface area contributed by atoms with E-state index in [1.807, 2.05) is 0 Å². The number of carbonyl (C=O) groups excluding carboxylic acids is 1. The molecule has 9 nitrogen and oxygen atoms in total. The van der Waals surface area contributed by atoms with Crippen LogP contribution in [0.15, 0.2) is 37.1 Å². The Morgan fingerprint density at radius 1 is 1.17 bits per heavy atom. The molecule has 0 aromatic carbocycles. The molecule has 0 N–H and O–H groups in total. The third-order valence-electron chi connectivity index (χ3n) is 5.50. The molecule has 2 atom stereocenters. The fourth-order valence-electron chi connectivity index (χ4n) is 3.91. The number of hydrogen-bond donors (Lipinski definition) is 0. The number of ether oxygens (including phenoxy) is 1. The Kier molecular flexibility index (Phi) is 6.38. The maximum Gasteiger partial charge on any atom is 0.434 e. The number of hydrogen-bond acceptors (Lipinski definition) is 7. The van der Waals surface area contributed by atoms with Gasteiger partial charge in [0.25, 0.3) is 11.8 Å². The van der Waals surface area contributed by atoms with Crippen LogP contribution in [0.25, 0.3) is 11.4 Å². The second kappa shape index (κ2) is 9.15. The molecule has 1 aliphatic heterocycles. The summed E-state index contributed by atoms with van der Waals surface area (Å²) in [5.74, 6) is -4.66. The van der Waals surface area contributed by atoms with Gasteiger partial charge in [-0.2, -0.15) is 18.3 Å². The Morgan fingerprint density at radius 3 is 2.51 bits per heavy atom. The lowest BCUT2D eigenvalue weighted by molar-refractivity contribution is -0.141. The predicted molar refractivity (Wildman–Crippen MR) is 110 cm³/mol. The zero-order valence-corrected chi connectivity index (χ0v) is 18.6. The van der Waals surface area contributed by atoms with Crippen molar-refractivity contribution < 1.29 is 31.5 Å². The van der Waals surface area contributed by atoms with Gasteiger partial charge >= 0.3 is 6.18 Å². The molecular formula is C21H20F5N7O2. The molecule has 186 valence electrons. The highest BCUT2D eigenvalue weighted by Gasteiger charge is 2.47. The van der Waals surface area contributed by atoms with Gasteiger partial charge in [-0.05, 0) is 12.0 Å². The van der Waals surface area contributed by atoms with Crippen LogP contribution >= 0.6 is 0 Å². The average molecular weight is 497 g/mol. The molecule has 3 aromatic rings. The van der Waals surface area contributed by atoms with Crippen molar-refractivity contribution in [1.82, 2.24) is 34.6 Å². The highest BCUT2D eigenvalue weighted by atomic mass is 19.4. The lowest BCUT2D eigenvalue weighted by Crippen LogP contribution is -2.57. The van der Waals surface area contributed by atoms with Gasteiger partial charge in [0, 0.05) is 32.1 Å². The zero-order valence-electron chi connectivity index (χ0n) is 18.6. The molecule has 0 bridgehead atoms. The van der Waals surface area contributed by atoms with Gasteiger partial charge in [0.1, 0.15) is 6.61 Å². The van der Waals surface area contributed by atoms with Crippen LogP contribution in [0.3, 0.4) is 0 Å². The van der Waals surface area contributed by atoms with E-state index < -0.39 is 48.6 Å². The van der Waals surface area contributed by atoms with Crippen LogP contribution in [-0.4, -0.2) is 65.6 Å². The van der Waals surface area contributed by atoms with Gasteiger partial charge in [0.2, 0.25) is 5.88 Å². The summed E-state index contributed by atoms with van der Waals surface area (Å²) < 4.78 is 73.9. The Balaban J connectivity index is 1.60. The number of piperidine rings is 1. The van der Waals surface area contributed by atoms with E-state index in [4.69, 9.17) is 4.74 Å². The van der Waals surface area contributed by atoms with Crippen LogP contribution in [0.1, 0.15) is 29.5 Å². The van der Waals surface area contributed by atoms with E-state index in [1.54, 1.807) is 20.0 Å². The summed E-state index contributed by atoms with van der Waals surface area (Å²) in [5.41, 5.74) is -1.03. The van der Waals surface area contributed by atoms with Crippen molar-refractivity contribution in [1.29, 1.82) is 0 Å². The van der Waals surface area contributed by atoms with Gasteiger partial charge < -0.3 is 9.64 Å². The second-order valence-corrected chi connectivity index (χ2v) is 8.22. The van der Waals surface area contributed by atoms with Crippen molar-refractivity contribution in [2.75, 3.05) is 13.2 Å². The second-order valence-electron chi connectivity index (χ2n) is 8.22. The molecule has 14 heteroatoms. The summed E-state index contributed by atoms with van der Waals surface area (Å²) in [6.07, 6.45) is 0.598. The van der Waals surface area contributed by atoms with Crippen molar-refractivity contribution in [2.24, 2.45) is 13.0 Å². The quantitative estimate of drug-likeness (QED) is 0.499. The van der Waals surface area contributed by atoms with Crippen LogP contribution in [-0.2, 0) is 13.2 Å². The topological polar surface area (TPSA) is 98.9 Å². The molecule has 35 heavy (non-hydrogen) atoms. The van der Waals surface area contributed by atoms with Crippen LogP contribution in [0.4, 0.5) is 22.0 Å². The van der Waals surface area contributed by atoms with E-state index in [2.05, 4.69) is 25.0 Å². The first-order valence-electron chi connectivity index (χ1n) is 10.5. The van der Waals surface area contributed by atoms with Crippen molar-refractivity contribution in [3.63, 3.8) is 0 Å². The number of aromatic nitrogens is 6. The minimum atomic E-state index is -4.67. The van der Waals surface area contributed by atoms with Gasteiger partial charge in [0.05, 0.1) is 30.5 Å². The molecule has 0 aliphatic carbocycles. The number of amides is 1. The molecule has 1 saturated heterocycles. The summed E-state index contributed by atoms with van der Waals surface area (Å²) in [6.45, 7) is 0.376. The summed E-state index contributed by atoms with van der Waals surface area (Å²) in [7, 11) is 1.57. The summed E-state index contributed by atoms with van der Waals surface area (Å²) in [4.78, 5) is 29.5. The summed E-state index contributed by atoms with van der Waals surface area (Å²) in [6, 6.07) is 0.754. The molecular weight excluding hydrogens is 477 g/mol. The lowest BCUT2D eigenvalue weighted by atomic mass is 9.88. The molecule has 4 heterocycles. The van der Waals surface area contributed by atoms with E-state index in [-0.39, 0.29) is 29.6 Å². The number of alkyl halides is 5. The molecule has 1 aliphatic rings. The van der Waals surface area contributed by atoms with Crippen LogP contribution in [0.5, 0.6) is 5.88 Å². The fourth-order valence-corrected chi connectivity index (χ4v) is 3.91. The van der Waals surface area contributed by atoms with E-state index in [0.29, 0.717) is 6.20 Å². The number of likely N-dealkylation sites (tertiary alicyclic amines) is 1. The Hall–Kier alpha value is -3.71. The molecule has 4 rings (SSSR count). The molecule has 1 fully saturated rings. The van der Waals surface area contributed by atoms with E-state index >= 15 is 0 Å². The van der Waals surface area contributed by atoms with Crippen LogP contribution in [0, 0.1) is 5.92 Å². The van der Waals surface area contributed by atoms with Crippen molar-refractivity contribution in [3.05, 3.63) is 48.4 Å². The zero-order chi connectivity index (χ0) is 25.4. The summed E-state index contributed by atoms with van der Waals surface area (Å²) in [5, 5.41) is 4.15. The molecule has 3 aromatic heterocycles. The number of rotatable bonds is 5. The average Bonchev–Trinajstić information content (AvgIpc) is 3.19. The number of halogens is 5. The Morgan fingerprint density at radius 2 is 1.89 bits per heavy atom. The Labute approximate surface area is 196 Å². The molecule has 2 unspecified atom stereocenters. The minimum absolute atomic E-state index is 0.108. The molecule has 1 amide bonds. The van der Waals surface area contributed by atoms with Gasteiger partial charge in [-0.25, -0.2) is 28.7 Å². The minimum Gasteiger partial charge on any atom is -0.474 e.